The molecule has 0 atom stereocenters. The Morgan fingerprint density at radius 2 is 1.02 bits per heavy atom. The van der Waals surface area contributed by atoms with Gasteiger partial charge in [-0.1, -0.05) is 118 Å². The highest BCUT2D eigenvalue weighted by atomic mass is 35.5. The average molecular weight is 661 g/mol. The van der Waals surface area contributed by atoms with Crippen LogP contribution in [0.2, 0.25) is 5.02 Å². The molecule has 4 aromatic carbocycles. The molecule has 0 aromatic heterocycles. The van der Waals surface area contributed by atoms with Crippen molar-refractivity contribution in [3.63, 3.8) is 0 Å². The van der Waals surface area contributed by atoms with Crippen LogP contribution in [0.25, 0.3) is 0 Å². The largest absolute Gasteiger partial charge is 0.354 e. The fraction of sp³-hybridized carbons (Fsp3) is 0.467. The maximum atomic E-state index is 7.59. The second kappa shape index (κ2) is 11.7. The van der Waals surface area contributed by atoms with Gasteiger partial charge in [-0.05, 0) is 136 Å². The van der Waals surface area contributed by atoms with Crippen LogP contribution < -0.4 is 10.2 Å². The fourth-order valence-electron chi connectivity index (χ4n) is 7.95. The van der Waals surface area contributed by atoms with Crippen molar-refractivity contribution >= 4 is 40.0 Å². The van der Waals surface area contributed by atoms with E-state index in [9.17, 15) is 0 Å². The fourth-order valence-corrected chi connectivity index (χ4v) is 8.19. The molecule has 0 bridgehead atoms. The van der Waals surface area contributed by atoms with Crippen LogP contribution >= 0.6 is 11.6 Å². The highest BCUT2D eigenvalue weighted by Crippen LogP contribution is 2.52. The molecular formula is C45H57ClN2. The number of nitrogens with zero attached hydrogens (tertiary/aromatic N) is 1. The first-order chi connectivity index (χ1) is 22.2. The van der Waals surface area contributed by atoms with E-state index >= 15 is 0 Å². The monoisotopic (exact) mass is 660 g/mol. The molecular weight excluding hydrogens is 604 g/mol. The molecule has 4 aromatic rings. The molecule has 0 saturated heterocycles. The van der Waals surface area contributed by atoms with Gasteiger partial charge in [0.2, 0.25) is 0 Å². The third-order valence-corrected chi connectivity index (χ3v) is 12.1. The lowest BCUT2D eigenvalue weighted by molar-refractivity contribution is 0.332. The minimum atomic E-state index is -0.0849. The van der Waals surface area contributed by atoms with Gasteiger partial charge in [-0.2, -0.15) is 0 Å². The Hall–Kier alpha value is -3.23. The maximum absolute atomic E-state index is 7.59. The molecule has 1 N–H and O–H groups in total. The Labute approximate surface area is 296 Å². The highest BCUT2D eigenvalue weighted by Gasteiger charge is 2.39. The zero-order chi connectivity index (χ0) is 35.0. The standard InChI is InChI=1S/C45H57ClN2/c1-29-13-15-31(16-14-29)47-38-25-30(41(2,3)4)26-39(40(38)46)48(32-17-19-34-36(27-32)44(9,10)23-21-42(34,5)6)33-18-20-35-37(28-33)45(11,12)24-22-43(35,7)8/h13-20,25-28,47H,21-24H2,1-12H3. The zero-order valence-electron chi connectivity index (χ0n) is 31.6. The Morgan fingerprint density at radius 1 is 0.583 bits per heavy atom. The molecule has 0 fully saturated rings. The molecule has 2 aliphatic carbocycles. The average Bonchev–Trinajstić information content (AvgIpc) is 3.00. The molecule has 0 spiro atoms. The van der Waals surface area contributed by atoms with Crippen LogP contribution in [0.5, 0.6) is 0 Å². The summed E-state index contributed by atoms with van der Waals surface area (Å²) in [6, 6.07) is 27.5. The molecule has 48 heavy (non-hydrogen) atoms. The van der Waals surface area contributed by atoms with E-state index in [1.54, 1.807) is 0 Å². The quantitative estimate of drug-likeness (QED) is 0.229. The lowest BCUT2D eigenvalue weighted by Gasteiger charge is -2.43. The molecule has 254 valence electrons. The summed E-state index contributed by atoms with van der Waals surface area (Å²) in [6.45, 7) is 28.2. The van der Waals surface area contributed by atoms with E-state index in [4.69, 9.17) is 11.6 Å². The highest BCUT2D eigenvalue weighted by molar-refractivity contribution is 6.36. The second-order valence-electron chi connectivity index (χ2n) is 18.4. The normalized spacial score (nSPS) is 18.9. The molecule has 0 aliphatic heterocycles. The van der Waals surface area contributed by atoms with E-state index in [0.717, 1.165) is 33.5 Å². The van der Waals surface area contributed by atoms with Crippen LogP contribution in [-0.2, 0) is 27.1 Å². The summed E-state index contributed by atoms with van der Waals surface area (Å²) in [6.07, 6.45) is 4.73. The van der Waals surface area contributed by atoms with Gasteiger partial charge in [0.25, 0.3) is 0 Å². The molecule has 0 heterocycles. The van der Waals surface area contributed by atoms with E-state index in [2.05, 4.69) is 166 Å². The number of halogens is 1. The molecule has 6 rings (SSSR count). The number of rotatable bonds is 5. The number of nitrogens with one attached hydrogen (secondary N) is 1. The van der Waals surface area contributed by atoms with Crippen LogP contribution in [-0.4, -0.2) is 0 Å². The van der Waals surface area contributed by atoms with Gasteiger partial charge in [-0.15, -0.1) is 0 Å². The molecule has 2 nitrogen and oxygen atoms in total. The van der Waals surface area contributed by atoms with Crippen molar-refractivity contribution < 1.29 is 0 Å². The number of aryl methyl sites for hydroxylation is 1. The first-order valence-corrected chi connectivity index (χ1v) is 18.4. The van der Waals surface area contributed by atoms with E-state index < -0.39 is 0 Å². The molecule has 0 radical (unpaired) electrons. The van der Waals surface area contributed by atoms with Gasteiger partial charge in [0.05, 0.1) is 16.4 Å². The Kier molecular flexibility index (Phi) is 8.43. The zero-order valence-corrected chi connectivity index (χ0v) is 32.3. The number of anilines is 5. The van der Waals surface area contributed by atoms with Crippen molar-refractivity contribution in [2.75, 3.05) is 10.2 Å². The maximum Gasteiger partial charge on any atom is 0.0881 e. The SMILES string of the molecule is Cc1ccc(Nc2cc(C(C)(C)C)cc(N(c3ccc4c(c3)C(C)(C)CCC4(C)C)c3ccc4c(c3)C(C)(C)CCC4(C)C)c2Cl)cc1. The summed E-state index contributed by atoms with van der Waals surface area (Å²) in [4.78, 5) is 2.44. The Balaban J connectivity index is 1.63. The minimum Gasteiger partial charge on any atom is -0.354 e. The second-order valence-corrected chi connectivity index (χ2v) is 18.8. The molecule has 3 heteroatoms. The predicted octanol–water partition coefficient (Wildman–Crippen LogP) is 13.9. The lowest BCUT2D eigenvalue weighted by atomic mass is 9.63. The summed E-state index contributed by atoms with van der Waals surface area (Å²) < 4.78 is 0. The number of hydrogen-bond donors (Lipinski definition) is 1. The van der Waals surface area contributed by atoms with E-state index in [-0.39, 0.29) is 27.1 Å². The van der Waals surface area contributed by atoms with Gasteiger partial charge in [0.15, 0.2) is 0 Å². The van der Waals surface area contributed by atoms with Gasteiger partial charge >= 0.3 is 0 Å². The van der Waals surface area contributed by atoms with Crippen molar-refractivity contribution in [2.45, 2.75) is 136 Å². The third-order valence-electron chi connectivity index (χ3n) is 11.7. The molecule has 0 unspecified atom stereocenters. The van der Waals surface area contributed by atoms with Gasteiger partial charge in [-0.3, -0.25) is 0 Å². The van der Waals surface area contributed by atoms with Crippen LogP contribution in [0, 0.1) is 6.92 Å². The van der Waals surface area contributed by atoms with Gasteiger partial charge in [0.1, 0.15) is 0 Å². The van der Waals surface area contributed by atoms with Gasteiger partial charge < -0.3 is 10.2 Å². The number of hydrogen-bond acceptors (Lipinski definition) is 2. The van der Waals surface area contributed by atoms with E-state index in [0.29, 0.717) is 0 Å². The van der Waals surface area contributed by atoms with Crippen LogP contribution in [0.1, 0.15) is 135 Å². The molecule has 2 aliphatic rings. The summed E-state index contributed by atoms with van der Waals surface area (Å²) in [5, 5.41) is 4.42. The molecule has 0 saturated carbocycles. The van der Waals surface area contributed by atoms with Crippen molar-refractivity contribution in [3.05, 3.63) is 111 Å². The van der Waals surface area contributed by atoms with Crippen LogP contribution in [0.15, 0.2) is 72.8 Å². The Bertz CT molecular complexity index is 1770. The predicted molar refractivity (Wildman–Crippen MR) is 210 cm³/mol. The topological polar surface area (TPSA) is 15.3 Å². The summed E-state index contributed by atoms with van der Waals surface area (Å²) in [5.74, 6) is 0. The van der Waals surface area contributed by atoms with E-state index in [1.165, 1.54) is 59.1 Å². The van der Waals surface area contributed by atoms with Crippen molar-refractivity contribution in [1.82, 2.24) is 0 Å². The third kappa shape index (κ3) is 6.31. The van der Waals surface area contributed by atoms with Crippen molar-refractivity contribution in [3.8, 4) is 0 Å². The minimum absolute atomic E-state index is 0.0849. The summed E-state index contributed by atoms with van der Waals surface area (Å²) >= 11 is 7.59. The Morgan fingerprint density at radius 3 is 1.46 bits per heavy atom. The first kappa shape index (κ1) is 34.6. The first-order valence-electron chi connectivity index (χ1n) is 18.0. The van der Waals surface area contributed by atoms with E-state index in [1.807, 2.05) is 0 Å². The molecule has 0 amide bonds. The van der Waals surface area contributed by atoms with Crippen molar-refractivity contribution in [2.24, 2.45) is 0 Å². The summed E-state index contributed by atoms with van der Waals surface area (Å²) in [5.41, 5.74) is 13.9. The summed E-state index contributed by atoms with van der Waals surface area (Å²) in [7, 11) is 0. The number of fused-ring (bicyclic) bond motifs is 2. The van der Waals surface area contributed by atoms with Crippen LogP contribution in [0.3, 0.4) is 0 Å². The van der Waals surface area contributed by atoms with Gasteiger partial charge in [-0.25, -0.2) is 0 Å². The smallest absolute Gasteiger partial charge is 0.0881 e. The van der Waals surface area contributed by atoms with Crippen LogP contribution in [0.4, 0.5) is 28.4 Å². The number of benzene rings is 4. The van der Waals surface area contributed by atoms with Gasteiger partial charge in [0, 0.05) is 17.1 Å². The van der Waals surface area contributed by atoms with Crippen molar-refractivity contribution in [1.29, 1.82) is 0 Å². The lowest BCUT2D eigenvalue weighted by Crippen LogP contribution is -2.34.